The minimum Gasteiger partial charge on any atom is -0.506 e. The van der Waals surface area contributed by atoms with Gasteiger partial charge in [-0.05, 0) is 39.3 Å². The normalized spacial score (nSPS) is 18.0. The van der Waals surface area contributed by atoms with Gasteiger partial charge in [-0.2, -0.15) is 4.58 Å². The van der Waals surface area contributed by atoms with E-state index in [0.29, 0.717) is 17.2 Å². The number of unbranched alkanes of at least 4 members (excludes halogenated alkanes) is 4. The first-order valence-corrected chi connectivity index (χ1v) is 14.9. The second-order valence-corrected chi connectivity index (χ2v) is 11.5. The maximum absolute atomic E-state index is 14.0. The molecule has 2 aliphatic rings. The third kappa shape index (κ3) is 4.38. The Labute approximate surface area is 233 Å². The summed E-state index contributed by atoms with van der Waals surface area (Å²) in [6.07, 6.45) is 8.50. The highest BCUT2D eigenvalue weighted by Gasteiger charge is 2.46. The Kier molecular flexibility index (Phi) is 7.66. The molecule has 0 radical (unpaired) electrons. The van der Waals surface area contributed by atoms with Gasteiger partial charge in [0.25, 0.3) is 0 Å². The lowest BCUT2D eigenvalue weighted by Gasteiger charge is -2.24. The van der Waals surface area contributed by atoms with Gasteiger partial charge < -0.3 is 9.67 Å². The minimum atomic E-state index is -0.0547. The molecule has 2 heterocycles. The van der Waals surface area contributed by atoms with E-state index in [9.17, 15) is 9.90 Å². The fourth-order valence-electron chi connectivity index (χ4n) is 6.92. The van der Waals surface area contributed by atoms with Crippen LogP contribution in [0.5, 0.6) is 0 Å². The lowest BCUT2D eigenvalue weighted by molar-refractivity contribution is -0.484. The highest BCUT2D eigenvalue weighted by atomic mass is 16.3. The number of aliphatic hydroxyl groups is 1. The Balaban J connectivity index is 1.62. The van der Waals surface area contributed by atoms with Crippen LogP contribution in [-0.2, 0) is 4.79 Å². The van der Waals surface area contributed by atoms with Crippen LogP contribution in [0.2, 0.25) is 0 Å². The number of carbonyl (C=O) groups excluding carboxylic acids is 1. The second kappa shape index (κ2) is 11.0. The van der Waals surface area contributed by atoms with Crippen LogP contribution in [0.3, 0.4) is 0 Å². The predicted octanol–water partition coefficient (Wildman–Crippen LogP) is 9.09. The van der Waals surface area contributed by atoms with E-state index in [-0.39, 0.29) is 17.6 Å². The van der Waals surface area contributed by atoms with E-state index in [2.05, 4.69) is 81.0 Å². The summed E-state index contributed by atoms with van der Waals surface area (Å²) in [4.78, 5) is 14.0. The van der Waals surface area contributed by atoms with Crippen molar-refractivity contribution in [3.05, 3.63) is 76.7 Å². The smallest absolute Gasteiger partial charge is 0.213 e. The van der Waals surface area contributed by atoms with Gasteiger partial charge in [0.05, 0.1) is 22.3 Å². The van der Waals surface area contributed by atoms with Crippen molar-refractivity contribution in [1.82, 2.24) is 4.57 Å². The molecule has 3 aromatic rings. The van der Waals surface area contributed by atoms with Crippen LogP contribution >= 0.6 is 0 Å². The van der Waals surface area contributed by atoms with E-state index in [4.69, 9.17) is 0 Å². The zero-order valence-electron chi connectivity index (χ0n) is 24.5. The molecule has 0 fully saturated rings. The van der Waals surface area contributed by atoms with Gasteiger partial charge in [-0.1, -0.05) is 69.9 Å². The maximum atomic E-state index is 14.0. The fourth-order valence-corrected chi connectivity index (χ4v) is 6.92. The van der Waals surface area contributed by atoms with Gasteiger partial charge in [0.2, 0.25) is 11.5 Å². The molecule has 1 N–H and O–H groups in total. The van der Waals surface area contributed by atoms with Gasteiger partial charge in [-0.3, -0.25) is 4.79 Å². The average molecular weight is 524 g/mol. The third-order valence-corrected chi connectivity index (χ3v) is 8.73. The number of nitrogens with zero attached hydrogens (tertiary/aromatic N) is 2. The van der Waals surface area contributed by atoms with Crippen molar-refractivity contribution >= 4 is 39.2 Å². The standard InChI is InChI=1S/C35H42N2O2/c1-7-9-10-11-12-17-25(8-2)37-24(6)31(27-19-14-16-21-29(27)37)33-34(38)32(35(33)39)30-23(5)36(22(3)4)28-20-15-13-18-26(28)30/h13-16,18-22,25H,7-12,17H2,1-6H3/p+1. The first kappa shape index (κ1) is 27.2. The van der Waals surface area contributed by atoms with Gasteiger partial charge >= 0.3 is 0 Å². The highest BCUT2D eigenvalue weighted by Crippen LogP contribution is 2.48. The van der Waals surface area contributed by atoms with Crippen molar-refractivity contribution in [1.29, 1.82) is 0 Å². The Bertz CT molecular complexity index is 1530. The molecule has 204 valence electrons. The zero-order chi connectivity index (χ0) is 27.8. The molecular formula is C35H43N2O2+. The highest BCUT2D eigenvalue weighted by molar-refractivity contribution is 6.47. The number of aromatic nitrogens is 1. The van der Waals surface area contributed by atoms with Crippen molar-refractivity contribution in [2.75, 3.05) is 0 Å². The van der Waals surface area contributed by atoms with Crippen molar-refractivity contribution < 1.29 is 14.5 Å². The van der Waals surface area contributed by atoms with E-state index >= 15 is 0 Å². The van der Waals surface area contributed by atoms with Crippen molar-refractivity contribution in [3.8, 4) is 0 Å². The number of hydrogen-bond donors (Lipinski definition) is 1. The van der Waals surface area contributed by atoms with E-state index in [1.807, 2.05) is 18.2 Å². The van der Waals surface area contributed by atoms with E-state index < -0.39 is 0 Å². The number of rotatable bonds is 10. The van der Waals surface area contributed by atoms with Crippen LogP contribution in [0.1, 0.15) is 102 Å². The lowest BCUT2D eigenvalue weighted by atomic mass is 9.78. The topological polar surface area (TPSA) is 45.2 Å². The molecular weight excluding hydrogens is 480 g/mol. The molecule has 5 rings (SSSR count). The summed E-state index contributed by atoms with van der Waals surface area (Å²) in [5.41, 5.74) is 8.08. The van der Waals surface area contributed by atoms with Crippen LogP contribution in [0, 0.1) is 6.92 Å². The molecule has 0 amide bonds. The molecule has 0 saturated carbocycles. The number of fused-ring (bicyclic) bond motifs is 2. The number of benzene rings is 2. The quantitative estimate of drug-likeness (QED) is 0.164. The third-order valence-electron chi connectivity index (χ3n) is 8.73. The largest absolute Gasteiger partial charge is 0.506 e. The predicted molar refractivity (Wildman–Crippen MR) is 163 cm³/mol. The first-order valence-electron chi connectivity index (χ1n) is 14.9. The van der Waals surface area contributed by atoms with Gasteiger partial charge in [-0.15, -0.1) is 0 Å². The average Bonchev–Trinajstić information content (AvgIpc) is 3.37. The van der Waals surface area contributed by atoms with Crippen LogP contribution in [-0.4, -0.2) is 31.8 Å². The lowest BCUT2D eigenvalue weighted by Crippen LogP contribution is -2.27. The van der Waals surface area contributed by atoms with Crippen molar-refractivity contribution in [2.45, 2.75) is 98.6 Å². The first-order chi connectivity index (χ1) is 18.8. The van der Waals surface area contributed by atoms with Crippen LogP contribution in [0.4, 0.5) is 5.69 Å². The molecule has 4 nitrogen and oxygen atoms in total. The van der Waals surface area contributed by atoms with Crippen molar-refractivity contribution in [3.63, 3.8) is 0 Å². The summed E-state index contributed by atoms with van der Waals surface area (Å²) in [6, 6.07) is 17.2. The van der Waals surface area contributed by atoms with Gasteiger partial charge in [-0.25, -0.2) is 0 Å². The summed E-state index contributed by atoms with van der Waals surface area (Å²) >= 11 is 0. The summed E-state index contributed by atoms with van der Waals surface area (Å²) in [7, 11) is 0. The molecule has 39 heavy (non-hydrogen) atoms. The molecule has 1 aliphatic heterocycles. The molecule has 4 heteroatoms. The van der Waals surface area contributed by atoms with Crippen LogP contribution in [0.25, 0.3) is 22.0 Å². The van der Waals surface area contributed by atoms with Gasteiger partial charge in [0.15, 0.2) is 11.8 Å². The maximum Gasteiger partial charge on any atom is 0.213 e. The van der Waals surface area contributed by atoms with Crippen LogP contribution in [0.15, 0.2) is 59.9 Å². The minimum absolute atomic E-state index is 0.0547. The second-order valence-electron chi connectivity index (χ2n) is 11.5. The number of hydrogen-bond acceptors (Lipinski definition) is 2. The monoisotopic (exact) mass is 523 g/mol. The number of Topliss-reactive ketones (excluding diaryl/α,β-unsaturated/α-hetero) is 1. The molecule has 1 unspecified atom stereocenters. The number of carbonyl (C=O) groups is 1. The number of ketones is 1. The Morgan fingerprint density at radius 3 is 2.26 bits per heavy atom. The molecule has 1 aliphatic carbocycles. The van der Waals surface area contributed by atoms with E-state index in [1.165, 1.54) is 32.1 Å². The zero-order valence-corrected chi connectivity index (χ0v) is 24.5. The number of aliphatic hydroxyl groups excluding tert-OH is 1. The molecule has 2 aromatic carbocycles. The molecule has 1 aromatic heterocycles. The van der Waals surface area contributed by atoms with Crippen LogP contribution < -0.4 is 0 Å². The Morgan fingerprint density at radius 2 is 1.56 bits per heavy atom. The summed E-state index contributed by atoms with van der Waals surface area (Å²) in [5, 5.41) is 12.6. The van der Waals surface area contributed by atoms with E-state index in [0.717, 1.165) is 57.5 Å². The molecule has 1 atom stereocenters. The Hall–Kier alpha value is -3.40. The molecule has 0 spiro atoms. The summed E-state index contributed by atoms with van der Waals surface area (Å²) < 4.78 is 4.70. The Morgan fingerprint density at radius 1 is 0.872 bits per heavy atom. The van der Waals surface area contributed by atoms with E-state index in [1.54, 1.807) is 0 Å². The van der Waals surface area contributed by atoms with Crippen molar-refractivity contribution in [2.24, 2.45) is 0 Å². The SMILES string of the molecule is CCCCCCCC(CC)[N+]1=C(C)C(=C2C(=O)C(c3c(C)n(C(C)C)c4ccccc34)=C2O)c2ccccc21. The molecule has 0 saturated heterocycles. The summed E-state index contributed by atoms with van der Waals surface area (Å²) in [5.74, 6) is 0.0780. The number of allylic oxidation sites excluding steroid dienone is 3. The molecule has 0 bridgehead atoms. The fraction of sp³-hybridized carbons (Fsp3) is 0.429. The summed E-state index contributed by atoms with van der Waals surface area (Å²) in [6.45, 7) is 13.0. The van der Waals surface area contributed by atoms with Gasteiger partial charge in [0.1, 0.15) is 5.76 Å². The number of para-hydroxylation sites is 2. The van der Waals surface area contributed by atoms with Gasteiger partial charge in [0, 0.05) is 54.0 Å².